The van der Waals surface area contributed by atoms with E-state index in [0.29, 0.717) is 11.4 Å². The fourth-order valence-corrected chi connectivity index (χ4v) is 2.83. The molecule has 0 aliphatic rings. The number of pyridine rings is 1. The van der Waals surface area contributed by atoms with Gasteiger partial charge in [-0.25, -0.2) is 0 Å². The van der Waals surface area contributed by atoms with Gasteiger partial charge >= 0.3 is 0 Å². The van der Waals surface area contributed by atoms with Gasteiger partial charge in [0.2, 0.25) is 5.88 Å². The second-order valence-corrected chi connectivity index (χ2v) is 6.20. The number of furan rings is 1. The Labute approximate surface area is 155 Å². The molecule has 3 rings (SSSR count). The van der Waals surface area contributed by atoms with Crippen LogP contribution in [0.15, 0.2) is 56.0 Å². The predicted octanol–water partition coefficient (Wildman–Crippen LogP) is 4.41. The summed E-state index contributed by atoms with van der Waals surface area (Å²) in [6.45, 7) is 5.36. The fourth-order valence-electron chi connectivity index (χ4n) is 2.83. The third-order valence-corrected chi connectivity index (χ3v) is 4.35. The molecule has 0 radical (unpaired) electrons. The summed E-state index contributed by atoms with van der Waals surface area (Å²) in [6.07, 6.45) is 1.47. The SMILES string of the molecule is Cc1cccc(C)c1N=Nc1c(C)c(C#N)c(O)n(Cc2ccco2)c1=O. The van der Waals surface area contributed by atoms with Gasteiger partial charge in [0.1, 0.15) is 17.4 Å². The largest absolute Gasteiger partial charge is 0.493 e. The van der Waals surface area contributed by atoms with E-state index in [2.05, 4.69) is 10.2 Å². The Morgan fingerprint density at radius 2 is 1.78 bits per heavy atom. The molecule has 1 N–H and O–H groups in total. The molecule has 0 saturated heterocycles. The molecule has 2 aromatic heterocycles. The zero-order valence-electron chi connectivity index (χ0n) is 15.2. The Morgan fingerprint density at radius 1 is 1.11 bits per heavy atom. The average molecular weight is 362 g/mol. The molecule has 0 unspecified atom stereocenters. The van der Waals surface area contributed by atoms with Crippen LogP contribution in [0.4, 0.5) is 11.4 Å². The molecule has 0 saturated carbocycles. The first-order chi connectivity index (χ1) is 12.9. The minimum absolute atomic E-state index is 0.0126. The summed E-state index contributed by atoms with van der Waals surface area (Å²) in [5, 5.41) is 28.2. The molecule has 0 bridgehead atoms. The molecule has 7 heteroatoms. The smallest absolute Gasteiger partial charge is 0.281 e. The molecule has 0 aliphatic carbocycles. The van der Waals surface area contributed by atoms with Crippen molar-refractivity contribution >= 4 is 11.4 Å². The quantitative estimate of drug-likeness (QED) is 0.694. The van der Waals surface area contributed by atoms with Gasteiger partial charge in [0.25, 0.3) is 5.56 Å². The van der Waals surface area contributed by atoms with Crippen LogP contribution >= 0.6 is 0 Å². The molecule has 2 heterocycles. The Bertz CT molecular complexity index is 1100. The lowest BCUT2D eigenvalue weighted by atomic mass is 10.1. The average Bonchev–Trinajstić information content (AvgIpc) is 3.14. The third kappa shape index (κ3) is 3.37. The van der Waals surface area contributed by atoms with Crippen LogP contribution in [0, 0.1) is 32.1 Å². The molecule has 1 aromatic carbocycles. The zero-order valence-corrected chi connectivity index (χ0v) is 15.2. The summed E-state index contributed by atoms with van der Waals surface area (Å²) in [5.41, 5.74) is 2.25. The van der Waals surface area contributed by atoms with Gasteiger partial charge in [0.15, 0.2) is 5.69 Å². The Morgan fingerprint density at radius 3 is 2.37 bits per heavy atom. The summed E-state index contributed by atoms with van der Waals surface area (Å²) in [7, 11) is 0. The first kappa shape index (κ1) is 18.1. The van der Waals surface area contributed by atoms with Crippen LogP contribution in [0.3, 0.4) is 0 Å². The minimum atomic E-state index is -0.546. The van der Waals surface area contributed by atoms with Crippen LogP contribution in [0.5, 0.6) is 5.88 Å². The lowest BCUT2D eigenvalue weighted by Gasteiger charge is -2.12. The van der Waals surface area contributed by atoms with E-state index in [1.54, 1.807) is 19.1 Å². The lowest BCUT2D eigenvalue weighted by Crippen LogP contribution is -2.22. The van der Waals surface area contributed by atoms with E-state index in [0.717, 1.165) is 15.7 Å². The third-order valence-electron chi connectivity index (χ3n) is 4.35. The van der Waals surface area contributed by atoms with Crippen molar-refractivity contribution in [1.82, 2.24) is 4.57 Å². The highest BCUT2D eigenvalue weighted by molar-refractivity contribution is 5.57. The fraction of sp³-hybridized carbons (Fsp3) is 0.200. The maximum Gasteiger partial charge on any atom is 0.281 e. The highest BCUT2D eigenvalue weighted by atomic mass is 16.3. The van der Waals surface area contributed by atoms with Gasteiger partial charge in [-0.1, -0.05) is 18.2 Å². The van der Waals surface area contributed by atoms with E-state index in [-0.39, 0.29) is 23.4 Å². The first-order valence-electron chi connectivity index (χ1n) is 8.30. The summed E-state index contributed by atoms with van der Waals surface area (Å²) >= 11 is 0. The maximum atomic E-state index is 12.9. The second-order valence-electron chi connectivity index (χ2n) is 6.20. The van der Waals surface area contributed by atoms with Crippen molar-refractivity contribution in [3.63, 3.8) is 0 Å². The molecule has 0 amide bonds. The van der Waals surface area contributed by atoms with Crippen molar-refractivity contribution in [3.8, 4) is 11.9 Å². The number of aromatic hydroxyl groups is 1. The number of nitriles is 1. The summed E-state index contributed by atoms with van der Waals surface area (Å²) in [5.74, 6) is 0.0557. The molecule has 0 atom stereocenters. The predicted molar refractivity (Wildman–Crippen MR) is 99.7 cm³/mol. The Balaban J connectivity index is 2.16. The van der Waals surface area contributed by atoms with Crippen LogP contribution in [-0.4, -0.2) is 9.67 Å². The van der Waals surface area contributed by atoms with Crippen molar-refractivity contribution < 1.29 is 9.52 Å². The Hall–Kier alpha value is -3.66. The number of rotatable bonds is 4. The highest BCUT2D eigenvalue weighted by Gasteiger charge is 2.20. The highest BCUT2D eigenvalue weighted by Crippen LogP contribution is 2.29. The van der Waals surface area contributed by atoms with E-state index >= 15 is 0 Å². The van der Waals surface area contributed by atoms with Crippen molar-refractivity contribution in [1.29, 1.82) is 5.26 Å². The molecule has 0 aliphatic heterocycles. The van der Waals surface area contributed by atoms with Crippen LogP contribution < -0.4 is 5.56 Å². The van der Waals surface area contributed by atoms with Gasteiger partial charge < -0.3 is 9.52 Å². The van der Waals surface area contributed by atoms with E-state index in [9.17, 15) is 15.2 Å². The van der Waals surface area contributed by atoms with Gasteiger partial charge in [-0.15, -0.1) is 10.2 Å². The topological polar surface area (TPSA) is 104 Å². The normalized spacial score (nSPS) is 11.0. The van der Waals surface area contributed by atoms with Gasteiger partial charge in [0, 0.05) is 5.56 Å². The number of hydrogen-bond acceptors (Lipinski definition) is 6. The standard InChI is InChI=1S/C20H18N4O3/c1-12-6-4-7-13(2)17(12)22-23-18-14(3)16(10-21)19(25)24(20(18)26)11-15-8-5-9-27-15/h4-9,25H,11H2,1-3H3. The molecule has 0 spiro atoms. The molecule has 136 valence electrons. The Kier molecular flexibility index (Phi) is 4.90. The van der Waals surface area contributed by atoms with Crippen molar-refractivity contribution in [2.45, 2.75) is 27.3 Å². The number of aromatic nitrogens is 1. The van der Waals surface area contributed by atoms with Crippen LogP contribution in [-0.2, 0) is 6.54 Å². The number of azo groups is 1. The number of hydrogen-bond donors (Lipinski definition) is 1. The maximum absolute atomic E-state index is 12.9. The van der Waals surface area contributed by atoms with Crippen LogP contribution in [0.25, 0.3) is 0 Å². The summed E-state index contributed by atoms with van der Waals surface area (Å²) in [4.78, 5) is 12.9. The van der Waals surface area contributed by atoms with Gasteiger partial charge in [0.05, 0.1) is 18.5 Å². The zero-order chi connectivity index (χ0) is 19.6. The molecule has 27 heavy (non-hydrogen) atoms. The summed E-state index contributed by atoms with van der Waals surface area (Å²) in [6, 6.07) is 11.0. The number of benzene rings is 1. The molecular weight excluding hydrogens is 344 g/mol. The van der Waals surface area contributed by atoms with Gasteiger partial charge in [-0.2, -0.15) is 5.26 Å². The van der Waals surface area contributed by atoms with Crippen molar-refractivity contribution in [2.24, 2.45) is 10.2 Å². The van der Waals surface area contributed by atoms with Crippen molar-refractivity contribution in [3.05, 3.63) is 75.0 Å². The number of nitrogens with zero attached hydrogens (tertiary/aromatic N) is 4. The van der Waals surface area contributed by atoms with E-state index in [1.807, 2.05) is 38.1 Å². The molecular formula is C20H18N4O3. The van der Waals surface area contributed by atoms with Crippen molar-refractivity contribution in [2.75, 3.05) is 0 Å². The van der Waals surface area contributed by atoms with Gasteiger partial charge in [-0.05, 0) is 44.0 Å². The van der Waals surface area contributed by atoms with E-state index in [1.165, 1.54) is 6.26 Å². The van der Waals surface area contributed by atoms with E-state index in [4.69, 9.17) is 4.42 Å². The monoisotopic (exact) mass is 362 g/mol. The number of aryl methyl sites for hydroxylation is 2. The second kappa shape index (κ2) is 7.30. The summed E-state index contributed by atoms with van der Waals surface area (Å²) < 4.78 is 6.30. The lowest BCUT2D eigenvalue weighted by molar-refractivity contribution is 0.397. The van der Waals surface area contributed by atoms with Crippen LogP contribution in [0.2, 0.25) is 0 Å². The molecule has 7 nitrogen and oxygen atoms in total. The van der Waals surface area contributed by atoms with Crippen LogP contribution in [0.1, 0.15) is 28.0 Å². The van der Waals surface area contributed by atoms with E-state index < -0.39 is 11.4 Å². The molecule has 3 aromatic rings. The first-order valence-corrected chi connectivity index (χ1v) is 8.30. The molecule has 0 fully saturated rings. The van der Waals surface area contributed by atoms with Gasteiger partial charge in [-0.3, -0.25) is 9.36 Å². The minimum Gasteiger partial charge on any atom is -0.493 e.